The Bertz CT molecular complexity index is 2040. The fraction of sp³-hybridized carbons (Fsp3) is 0.0769. The van der Waals surface area contributed by atoms with Crippen LogP contribution in [0.1, 0.15) is 37.1 Å². The SMILES string of the molecule is COc1cccc(/C=C(/NC(=O)c2ccccc2)C(=O)Nc2cccc(SC(C(=O)Nc3ccccc3C(N)=O)c3ccccc3)c2)c1OC. The number of amides is 4. The van der Waals surface area contributed by atoms with Crippen LogP contribution in [0.3, 0.4) is 0 Å². The number of nitrogens with one attached hydrogen (secondary N) is 3. The summed E-state index contributed by atoms with van der Waals surface area (Å²) in [5.41, 5.74) is 8.00. The van der Waals surface area contributed by atoms with E-state index in [1.54, 1.807) is 91.0 Å². The lowest BCUT2D eigenvalue weighted by atomic mass is 10.1. The number of benzene rings is 5. The molecule has 5 N–H and O–H groups in total. The fourth-order valence-corrected chi connectivity index (χ4v) is 6.09. The topological polar surface area (TPSA) is 149 Å². The highest BCUT2D eigenvalue weighted by atomic mass is 32.2. The lowest BCUT2D eigenvalue weighted by molar-refractivity contribution is -0.116. The van der Waals surface area contributed by atoms with Crippen molar-refractivity contribution in [2.75, 3.05) is 24.9 Å². The Labute approximate surface area is 293 Å². The lowest BCUT2D eigenvalue weighted by Crippen LogP contribution is -2.30. The average Bonchev–Trinajstić information content (AvgIpc) is 3.14. The first-order valence-electron chi connectivity index (χ1n) is 15.4. The van der Waals surface area contributed by atoms with E-state index in [1.165, 1.54) is 32.1 Å². The molecule has 252 valence electrons. The van der Waals surface area contributed by atoms with Crippen LogP contribution in [0.2, 0.25) is 0 Å². The van der Waals surface area contributed by atoms with Gasteiger partial charge in [0.25, 0.3) is 17.7 Å². The molecular formula is C39H34N4O6S. The zero-order chi connectivity index (χ0) is 35.5. The molecule has 0 bridgehead atoms. The van der Waals surface area contributed by atoms with Gasteiger partial charge in [0.05, 0.1) is 25.5 Å². The first-order valence-corrected chi connectivity index (χ1v) is 16.3. The number of ether oxygens (including phenoxy) is 2. The van der Waals surface area contributed by atoms with Gasteiger partial charge < -0.3 is 31.2 Å². The third-order valence-corrected chi connectivity index (χ3v) is 8.65. The van der Waals surface area contributed by atoms with Gasteiger partial charge in [0, 0.05) is 21.7 Å². The second-order valence-corrected chi connectivity index (χ2v) is 11.9. The molecule has 5 aromatic rings. The number of hydrogen-bond donors (Lipinski definition) is 4. The van der Waals surface area contributed by atoms with Crippen molar-refractivity contribution in [3.8, 4) is 11.5 Å². The molecule has 11 heteroatoms. The van der Waals surface area contributed by atoms with Crippen molar-refractivity contribution in [1.29, 1.82) is 0 Å². The van der Waals surface area contributed by atoms with Crippen LogP contribution in [-0.4, -0.2) is 37.8 Å². The lowest BCUT2D eigenvalue weighted by Gasteiger charge is -2.19. The number of carbonyl (C=O) groups is 4. The molecule has 0 aliphatic carbocycles. The van der Waals surface area contributed by atoms with Crippen LogP contribution in [0, 0.1) is 0 Å². The van der Waals surface area contributed by atoms with E-state index in [9.17, 15) is 19.2 Å². The summed E-state index contributed by atoms with van der Waals surface area (Å²) >= 11 is 1.26. The van der Waals surface area contributed by atoms with Crippen LogP contribution in [0.25, 0.3) is 6.08 Å². The van der Waals surface area contributed by atoms with Crippen LogP contribution < -0.4 is 31.2 Å². The maximum Gasteiger partial charge on any atom is 0.272 e. The Morgan fingerprint density at radius 3 is 2.12 bits per heavy atom. The van der Waals surface area contributed by atoms with E-state index in [0.29, 0.717) is 38.9 Å². The van der Waals surface area contributed by atoms with Crippen LogP contribution in [-0.2, 0) is 9.59 Å². The first kappa shape index (κ1) is 35.0. The van der Waals surface area contributed by atoms with Crippen LogP contribution in [0.4, 0.5) is 11.4 Å². The number of anilines is 2. The quantitative estimate of drug-likeness (QED) is 0.0797. The highest BCUT2D eigenvalue weighted by Crippen LogP contribution is 2.38. The number of hydrogen-bond acceptors (Lipinski definition) is 7. The molecule has 5 aromatic carbocycles. The van der Waals surface area contributed by atoms with Gasteiger partial charge in [0.1, 0.15) is 10.9 Å². The minimum atomic E-state index is -0.732. The van der Waals surface area contributed by atoms with Crippen molar-refractivity contribution in [3.63, 3.8) is 0 Å². The maximum absolute atomic E-state index is 13.8. The Morgan fingerprint density at radius 2 is 1.42 bits per heavy atom. The summed E-state index contributed by atoms with van der Waals surface area (Å²) in [6, 6.07) is 36.4. The molecule has 10 nitrogen and oxygen atoms in total. The van der Waals surface area contributed by atoms with Crippen molar-refractivity contribution in [2.24, 2.45) is 5.73 Å². The van der Waals surface area contributed by atoms with E-state index < -0.39 is 23.0 Å². The van der Waals surface area contributed by atoms with Crippen LogP contribution in [0.5, 0.6) is 11.5 Å². The molecule has 0 saturated carbocycles. The van der Waals surface area contributed by atoms with Gasteiger partial charge >= 0.3 is 0 Å². The van der Waals surface area contributed by atoms with Crippen molar-refractivity contribution in [1.82, 2.24) is 5.32 Å². The molecular weight excluding hydrogens is 653 g/mol. The molecule has 0 fully saturated rings. The molecule has 0 aliphatic rings. The summed E-state index contributed by atoms with van der Waals surface area (Å²) in [6.45, 7) is 0. The normalized spacial score (nSPS) is 11.5. The average molecular weight is 687 g/mol. The fourth-order valence-electron chi connectivity index (χ4n) is 5.01. The highest BCUT2D eigenvalue weighted by Gasteiger charge is 2.24. The van der Waals surface area contributed by atoms with Gasteiger partial charge in [-0.15, -0.1) is 11.8 Å². The molecule has 0 saturated heterocycles. The van der Waals surface area contributed by atoms with Gasteiger partial charge in [-0.3, -0.25) is 19.2 Å². The van der Waals surface area contributed by atoms with E-state index in [2.05, 4.69) is 16.0 Å². The maximum atomic E-state index is 13.8. The van der Waals surface area contributed by atoms with Crippen molar-refractivity contribution in [2.45, 2.75) is 10.1 Å². The number of methoxy groups -OCH3 is 2. The second kappa shape index (κ2) is 16.7. The molecule has 0 aliphatic heterocycles. The van der Waals surface area contributed by atoms with E-state index in [0.717, 1.165) is 5.56 Å². The van der Waals surface area contributed by atoms with E-state index in [-0.39, 0.29) is 17.2 Å². The molecule has 4 amide bonds. The molecule has 5 rings (SSSR count). The van der Waals surface area contributed by atoms with E-state index in [1.807, 2.05) is 36.4 Å². The molecule has 1 atom stereocenters. The highest BCUT2D eigenvalue weighted by molar-refractivity contribution is 8.00. The van der Waals surface area contributed by atoms with Gasteiger partial charge in [-0.1, -0.05) is 78.9 Å². The molecule has 0 aromatic heterocycles. The largest absolute Gasteiger partial charge is 0.493 e. The predicted octanol–water partition coefficient (Wildman–Crippen LogP) is 6.68. The monoisotopic (exact) mass is 686 g/mol. The Hall–Kier alpha value is -6.33. The molecule has 50 heavy (non-hydrogen) atoms. The van der Waals surface area contributed by atoms with E-state index >= 15 is 0 Å². The minimum absolute atomic E-state index is 0.0434. The summed E-state index contributed by atoms with van der Waals surface area (Å²) in [7, 11) is 2.99. The van der Waals surface area contributed by atoms with Crippen molar-refractivity contribution in [3.05, 3.63) is 155 Å². The zero-order valence-electron chi connectivity index (χ0n) is 27.2. The van der Waals surface area contributed by atoms with Gasteiger partial charge in [0.15, 0.2) is 11.5 Å². The van der Waals surface area contributed by atoms with Gasteiger partial charge in [0.2, 0.25) is 5.91 Å². The zero-order valence-corrected chi connectivity index (χ0v) is 28.0. The number of rotatable bonds is 13. The van der Waals surface area contributed by atoms with Crippen LogP contribution in [0.15, 0.2) is 138 Å². The van der Waals surface area contributed by atoms with Crippen molar-refractivity contribution >= 4 is 52.8 Å². The van der Waals surface area contributed by atoms with E-state index in [4.69, 9.17) is 15.2 Å². The van der Waals surface area contributed by atoms with Gasteiger partial charge in [-0.25, -0.2) is 0 Å². The number of nitrogens with two attached hydrogens (primary N) is 1. The number of carbonyl (C=O) groups excluding carboxylic acids is 4. The molecule has 0 radical (unpaired) electrons. The Morgan fingerprint density at radius 1 is 0.740 bits per heavy atom. The van der Waals surface area contributed by atoms with Crippen LogP contribution >= 0.6 is 11.8 Å². The summed E-state index contributed by atoms with van der Waals surface area (Å²) in [5.74, 6) is -1.27. The Kier molecular flexibility index (Phi) is 11.7. The molecule has 0 spiro atoms. The van der Waals surface area contributed by atoms with Gasteiger partial charge in [-0.05, 0) is 60.2 Å². The smallest absolute Gasteiger partial charge is 0.272 e. The third kappa shape index (κ3) is 8.77. The first-order chi connectivity index (χ1) is 24.3. The van der Waals surface area contributed by atoms with Crippen molar-refractivity contribution < 1.29 is 28.7 Å². The molecule has 1 unspecified atom stereocenters. The molecule has 0 heterocycles. The second-order valence-electron chi connectivity index (χ2n) is 10.8. The summed E-state index contributed by atoms with van der Waals surface area (Å²) in [6.07, 6.45) is 1.51. The summed E-state index contributed by atoms with van der Waals surface area (Å²) in [4.78, 5) is 53.4. The summed E-state index contributed by atoms with van der Waals surface area (Å²) < 4.78 is 11.0. The number of thioether (sulfide) groups is 1. The standard InChI is InChI=1S/C39H34N4O6S/c1-48-33-22-11-17-27(34(33)49-2)23-32(43-37(45)26-15-7-4-8-16-26)38(46)41-28-18-12-19-29(24-28)50-35(25-13-5-3-6-14-25)39(47)42-31-21-10-9-20-30(31)36(40)44/h3-24,35H,1-2H3,(H2,40,44)(H,41,46)(H,42,47)(H,43,45)/b32-23+. The van der Waals surface area contributed by atoms with Gasteiger partial charge in [-0.2, -0.15) is 0 Å². The minimum Gasteiger partial charge on any atom is -0.493 e. The Balaban J connectivity index is 1.43. The third-order valence-electron chi connectivity index (χ3n) is 7.40. The predicted molar refractivity (Wildman–Crippen MR) is 195 cm³/mol. The summed E-state index contributed by atoms with van der Waals surface area (Å²) in [5, 5.41) is 7.72. The number of para-hydroxylation sites is 2. The number of primary amides is 1.